The van der Waals surface area contributed by atoms with E-state index < -0.39 is 36.9 Å². The molecule has 23 heavy (non-hydrogen) atoms. The van der Waals surface area contributed by atoms with Gasteiger partial charge in [-0.25, -0.2) is 8.78 Å². The third-order valence-electron chi connectivity index (χ3n) is 4.16. The standard InChI is InChI=1S/C16H18F2N2O3/c1-2-23-12-5-3-10(4-6-12)14-15(22)20-9-16(17,18)8-11(20)7-13(21)19-14/h3-6,11,14H,2,7-9H2,1H3,(H,19,21)/t11-,14?/m1/s1. The lowest BCUT2D eigenvalue weighted by atomic mass is 10.1. The van der Waals surface area contributed by atoms with E-state index in [-0.39, 0.29) is 12.3 Å². The van der Waals surface area contributed by atoms with Crippen molar-refractivity contribution < 1.29 is 23.1 Å². The third kappa shape index (κ3) is 3.13. The van der Waals surface area contributed by atoms with Crippen molar-refractivity contribution in [3.8, 4) is 5.75 Å². The Morgan fingerprint density at radius 1 is 1.30 bits per heavy atom. The van der Waals surface area contributed by atoms with Crippen LogP contribution in [0.5, 0.6) is 5.75 Å². The molecule has 5 nitrogen and oxygen atoms in total. The summed E-state index contributed by atoms with van der Waals surface area (Å²) >= 11 is 0. The maximum Gasteiger partial charge on any atom is 0.267 e. The van der Waals surface area contributed by atoms with E-state index in [1.165, 1.54) is 0 Å². The fourth-order valence-corrected chi connectivity index (χ4v) is 3.15. The van der Waals surface area contributed by atoms with Gasteiger partial charge >= 0.3 is 0 Å². The maximum atomic E-state index is 13.6. The number of hydrogen-bond acceptors (Lipinski definition) is 3. The SMILES string of the molecule is CCOc1ccc(C2NC(=O)C[C@@H]3CC(F)(F)CN3C2=O)cc1. The topological polar surface area (TPSA) is 58.6 Å². The van der Waals surface area contributed by atoms with Gasteiger partial charge in [-0.1, -0.05) is 12.1 Å². The molecule has 1 unspecified atom stereocenters. The Labute approximate surface area is 132 Å². The highest BCUT2D eigenvalue weighted by Crippen LogP contribution is 2.37. The second-order valence-corrected chi connectivity index (χ2v) is 5.89. The first kappa shape index (κ1) is 15.7. The Balaban J connectivity index is 1.86. The second-order valence-electron chi connectivity index (χ2n) is 5.89. The Hall–Kier alpha value is -2.18. The van der Waals surface area contributed by atoms with Gasteiger partial charge in [0, 0.05) is 18.9 Å². The summed E-state index contributed by atoms with van der Waals surface area (Å²) in [6.07, 6.45) is -0.545. The number of ether oxygens (including phenoxy) is 1. The van der Waals surface area contributed by atoms with Gasteiger partial charge in [0.2, 0.25) is 11.8 Å². The minimum Gasteiger partial charge on any atom is -0.494 e. The van der Waals surface area contributed by atoms with Crippen molar-refractivity contribution in [1.82, 2.24) is 10.2 Å². The van der Waals surface area contributed by atoms with Crippen LogP contribution in [0, 0.1) is 0 Å². The number of carbonyl (C=O) groups excluding carboxylic acids is 2. The maximum absolute atomic E-state index is 13.6. The Morgan fingerprint density at radius 2 is 2.00 bits per heavy atom. The fourth-order valence-electron chi connectivity index (χ4n) is 3.15. The van der Waals surface area contributed by atoms with Crippen LogP contribution in [0.3, 0.4) is 0 Å². The first-order valence-corrected chi connectivity index (χ1v) is 7.60. The molecule has 1 N–H and O–H groups in total. The van der Waals surface area contributed by atoms with Crippen LogP contribution in [-0.2, 0) is 9.59 Å². The lowest BCUT2D eigenvalue weighted by Crippen LogP contribution is -2.40. The van der Waals surface area contributed by atoms with Gasteiger partial charge in [0.15, 0.2) is 0 Å². The first-order valence-electron chi connectivity index (χ1n) is 7.60. The van der Waals surface area contributed by atoms with Crippen molar-refractivity contribution in [1.29, 1.82) is 0 Å². The quantitative estimate of drug-likeness (QED) is 0.924. The van der Waals surface area contributed by atoms with Crippen LogP contribution < -0.4 is 10.1 Å². The number of benzene rings is 1. The number of hydrogen-bond donors (Lipinski definition) is 1. The number of fused-ring (bicyclic) bond motifs is 1. The Morgan fingerprint density at radius 3 is 2.65 bits per heavy atom. The number of nitrogens with one attached hydrogen (secondary N) is 1. The van der Waals surface area contributed by atoms with Gasteiger partial charge in [-0.3, -0.25) is 9.59 Å². The molecular formula is C16H18F2N2O3. The van der Waals surface area contributed by atoms with E-state index in [1.54, 1.807) is 24.3 Å². The van der Waals surface area contributed by atoms with Crippen molar-refractivity contribution in [2.45, 2.75) is 37.8 Å². The number of rotatable bonds is 3. The molecule has 1 aromatic carbocycles. The van der Waals surface area contributed by atoms with Gasteiger partial charge in [-0.05, 0) is 24.6 Å². The Kier molecular flexibility index (Phi) is 3.95. The van der Waals surface area contributed by atoms with Crippen LogP contribution >= 0.6 is 0 Å². The summed E-state index contributed by atoms with van der Waals surface area (Å²) in [4.78, 5) is 25.7. The molecule has 124 valence electrons. The van der Waals surface area contributed by atoms with Gasteiger partial charge in [-0.15, -0.1) is 0 Å². The molecule has 3 rings (SSSR count). The predicted molar refractivity (Wildman–Crippen MR) is 78.2 cm³/mol. The number of nitrogens with zero attached hydrogens (tertiary/aromatic N) is 1. The number of alkyl halides is 2. The summed E-state index contributed by atoms with van der Waals surface area (Å²) < 4.78 is 32.5. The van der Waals surface area contributed by atoms with Crippen LogP contribution in [0.2, 0.25) is 0 Å². The second kappa shape index (κ2) is 5.79. The van der Waals surface area contributed by atoms with Gasteiger partial charge in [0.25, 0.3) is 5.92 Å². The molecule has 2 heterocycles. The minimum absolute atomic E-state index is 0.0884. The average Bonchev–Trinajstić information content (AvgIpc) is 2.74. The van der Waals surface area contributed by atoms with Crippen molar-refractivity contribution >= 4 is 11.8 Å². The van der Waals surface area contributed by atoms with Crippen molar-refractivity contribution in [2.24, 2.45) is 0 Å². The molecule has 7 heteroatoms. The summed E-state index contributed by atoms with van der Waals surface area (Å²) in [6, 6.07) is 5.06. The van der Waals surface area contributed by atoms with E-state index in [1.807, 2.05) is 6.92 Å². The molecule has 0 saturated carbocycles. The zero-order valence-electron chi connectivity index (χ0n) is 12.7. The fraction of sp³-hybridized carbons (Fsp3) is 0.500. The lowest BCUT2D eigenvalue weighted by molar-refractivity contribution is -0.135. The van der Waals surface area contributed by atoms with Gasteiger partial charge < -0.3 is 15.0 Å². The zero-order chi connectivity index (χ0) is 16.6. The summed E-state index contributed by atoms with van der Waals surface area (Å²) in [6.45, 7) is 1.75. The molecule has 2 atom stereocenters. The Bertz CT molecular complexity index is 618. The molecule has 0 aromatic heterocycles. The predicted octanol–water partition coefficient (Wildman–Crippen LogP) is 1.88. The van der Waals surface area contributed by atoms with E-state index >= 15 is 0 Å². The van der Waals surface area contributed by atoms with E-state index in [2.05, 4.69) is 5.32 Å². The van der Waals surface area contributed by atoms with Crippen LogP contribution in [0.1, 0.15) is 31.4 Å². The van der Waals surface area contributed by atoms with Crippen molar-refractivity contribution in [3.63, 3.8) is 0 Å². The third-order valence-corrected chi connectivity index (χ3v) is 4.16. The van der Waals surface area contributed by atoms with Gasteiger partial charge in [-0.2, -0.15) is 0 Å². The van der Waals surface area contributed by atoms with E-state index in [0.717, 1.165) is 4.90 Å². The van der Waals surface area contributed by atoms with Crippen molar-refractivity contribution in [2.75, 3.05) is 13.2 Å². The molecule has 0 radical (unpaired) electrons. The van der Waals surface area contributed by atoms with Gasteiger partial charge in [0.05, 0.1) is 13.2 Å². The van der Waals surface area contributed by atoms with Crippen LogP contribution in [-0.4, -0.2) is 41.8 Å². The highest BCUT2D eigenvalue weighted by molar-refractivity contribution is 5.91. The number of amides is 2. The van der Waals surface area contributed by atoms with Crippen molar-refractivity contribution in [3.05, 3.63) is 29.8 Å². The molecule has 2 fully saturated rings. The molecule has 2 aliphatic rings. The average molecular weight is 324 g/mol. The number of carbonyl (C=O) groups is 2. The van der Waals surface area contributed by atoms with Crippen LogP contribution in [0.4, 0.5) is 8.78 Å². The smallest absolute Gasteiger partial charge is 0.267 e. The highest BCUT2D eigenvalue weighted by Gasteiger charge is 2.50. The number of halogens is 2. The summed E-state index contributed by atoms with van der Waals surface area (Å²) in [7, 11) is 0. The van der Waals surface area contributed by atoms with E-state index in [0.29, 0.717) is 17.9 Å². The normalized spacial score (nSPS) is 26.5. The first-order chi connectivity index (χ1) is 10.9. The summed E-state index contributed by atoms with van der Waals surface area (Å²) in [5.74, 6) is -3.15. The monoisotopic (exact) mass is 324 g/mol. The summed E-state index contributed by atoms with van der Waals surface area (Å²) in [5, 5.41) is 2.64. The highest BCUT2D eigenvalue weighted by atomic mass is 19.3. The molecule has 0 bridgehead atoms. The van der Waals surface area contributed by atoms with E-state index in [4.69, 9.17) is 4.74 Å². The molecule has 0 aliphatic carbocycles. The minimum atomic E-state index is -2.93. The molecule has 1 aromatic rings. The van der Waals surface area contributed by atoms with Crippen LogP contribution in [0.25, 0.3) is 0 Å². The molecular weight excluding hydrogens is 306 g/mol. The largest absolute Gasteiger partial charge is 0.494 e. The molecule has 2 saturated heterocycles. The zero-order valence-corrected chi connectivity index (χ0v) is 12.7. The van der Waals surface area contributed by atoms with E-state index in [9.17, 15) is 18.4 Å². The molecule has 2 aliphatic heterocycles. The van der Waals surface area contributed by atoms with Gasteiger partial charge in [0.1, 0.15) is 11.8 Å². The van der Waals surface area contributed by atoms with Crippen LogP contribution in [0.15, 0.2) is 24.3 Å². The summed E-state index contributed by atoms with van der Waals surface area (Å²) in [5.41, 5.74) is 0.558. The molecule has 0 spiro atoms. The lowest BCUT2D eigenvalue weighted by Gasteiger charge is -2.24. The molecule has 2 amide bonds.